The second-order valence-electron chi connectivity index (χ2n) is 3.79. The fourth-order valence-corrected chi connectivity index (χ4v) is 1.59. The van der Waals surface area contributed by atoms with Crippen molar-refractivity contribution in [2.45, 2.75) is 27.2 Å². The van der Waals surface area contributed by atoms with E-state index < -0.39 is 0 Å². The lowest BCUT2D eigenvalue weighted by Crippen LogP contribution is -2.10. The SMILES string of the molecule is CC(=O)C(C)Cc1ccc(Cl)cc1C. The minimum Gasteiger partial charge on any atom is -0.300 e. The van der Waals surface area contributed by atoms with Gasteiger partial charge in [0.2, 0.25) is 0 Å². The van der Waals surface area contributed by atoms with Crippen LogP contribution in [0.5, 0.6) is 0 Å². The van der Waals surface area contributed by atoms with Gasteiger partial charge in [-0.1, -0.05) is 24.6 Å². The lowest BCUT2D eigenvalue weighted by Gasteiger charge is -2.10. The Bertz CT molecular complexity index is 344. The maximum absolute atomic E-state index is 11.1. The molecule has 0 bridgehead atoms. The van der Waals surface area contributed by atoms with Gasteiger partial charge in [0.05, 0.1) is 0 Å². The van der Waals surface area contributed by atoms with Crippen molar-refractivity contribution in [2.24, 2.45) is 5.92 Å². The number of carbonyl (C=O) groups excluding carboxylic acids is 1. The van der Waals surface area contributed by atoms with Gasteiger partial charge in [-0.15, -0.1) is 0 Å². The molecule has 76 valence electrons. The molecule has 0 aliphatic rings. The number of rotatable bonds is 3. The molecule has 0 N–H and O–H groups in total. The first-order chi connectivity index (χ1) is 6.50. The summed E-state index contributed by atoms with van der Waals surface area (Å²) < 4.78 is 0. The highest BCUT2D eigenvalue weighted by atomic mass is 35.5. The highest BCUT2D eigenvalue weighted by molar-refractivity contribution is 6.30. The van der Waals surface area contributed by atoms with Crippen LogP contribution in [0.2, 0.25) is 5.02 Å². The summed E-state index contributed by atoms with van der Waals surface area (Å²) in [6, 6.07) is 5.80. The van der Waals surface area contributed by atoms with E-state index in [1.165, 1.54) is 5.56 Å². The molecule has 0 aliphatic carbocycles. The number of benzene rings is 1. The number of aryl methyl sites for hydroxylation is 1. The average molecular weight is 211 g/mol. The van der Waals surface area contributed by atoms with E-state index in [-0.39, 0.29) is 11.7 Å². The fourth-order valence-electron chi connectivity index (χ4n) is 1.36. The molecule has 2 heteroatoms. The third-order valence-electron chi connectivity index (χ3n) is 2.52. The van der Waals surface area contributed by atoms with Crippen molar-refractivity contribution in [2.75, 3.05) is 0 Å². The van der Waals surface area contributed by atoms with Gasteiger partial charge in [0.25, 0.3) is 0 Å². The topological polar surface area (TPSA) is 17.1 Å². The second-order valence-corrected chi connectivity index (χ2v) is 4.22. The number of hydrogen-bond acceptors (Lipinski definition) is 1. The monoisotopic (exact) mass is 210 g/mol. The number of ketones is 1. The summed E-state index contributed by atoms with van der Waals surface area (Å²) >= 11 is 5.85. The van der Waals surface area contributed by atoms with Crippen molar-refractivity contribution in [1.82, 2.24) is 0 Å². The summed E-state index contributed by atoms with van der Waals surface area (Å²) in [7, 11) is 0. The first-order valence-corrected chi connectivity index (χ1v) is 5.14. The van der Waals surface area contributed by atoms with Gasteiger partial charge in [0.15, 0.2) is 0 Å². The predicted octanol–water partition coefficient (Wildman–Crippen LogP) is 3.42. The number of Topliss-reactive ketones (excluding diaryl/α,β-unsaturated/α-hetero) is 1. The third-order valence-corrected chi connectivity index (χ3v) is 2.76. The van der Waals surface area contributed by atoms with Crippen molar-refractivity contribution in [3.05, 3.63) is 34.3 Å². The Morgan fingerprint density at radius 2 is 2.14 bits per heavy atom. The molecule has 14 heavy (non-hydrogen) atoms. The molecule has 0 aliphatic heterocycles. The molecule has 0 fully saturated rings. The van der Waals surface area contributed by atoms with Gasteiger partial charge in [-0.25, -0.2) is 0 Å². The van der Waals surface area contributed by atoms with Crippen molar-refractivity contribution in [1.29, 1.82) is 0 Å². The third kappa shape index (κ3) is 2.85. The molecular formula is C12H15ClO. The largest absolute Gasteiger partial charge is 0.300 e. The van der Waals surface area contributed by atoms with Crippen LogP contribution in [0.3, 0.4) is 0 Å². The number of halogens is 1. The summed E-state index contributed by atoms with van der Waals surface area (Å²) in [6.45, 7) is 5.61. The maximum atomic E-state index is 11.1. The predicted molar refractivity (Wildman–Crippen MR) is 59.7 cm³/mol. The number of carbonyl (C=O) groups is 1. The van der Waals surface area contributed by atoms with Gasteiger partial charge in [-0.3, -0.25) is 4.79 Å². The van der Waals surface area contributed by atoms with Crippen LogP contribution in [0.4, 0.5) is 0 Å². The van der Waals surface area contributed by atoms with Crippen LogP contribution in [0.25, 0.3) is 0 Å². The van der Waals surface area contributed by atoms with Crippen molar-refractivity contribution < 1.29 is 4.79 Å². The molecule has 1 aromatic rings. The Hall–Kier alpha value is -0.820. The van der Waals surface area contributed by atoms with E-state index >= 15 is 0 Å². The lowest BCUT2D eigenvalue weighted by molar-refractivity contribution is -0.120. The Labute approximate surface area is 90.1 Å². The first-order valence-electron chi connectivity index (χ1n) is 4.76. The molecule has 1 atom stereocenters. The minimum atomic E-state index is 0.0925. The van der Waals surface area contributed by atoms with Crippen LogP contribution in [0.1, 0.15) is 25.0 Å². The molecule has 1 rings (SSSR count). The summed E-state index contributed by atoms with van der Waals surface area (Å²) in [5.74, 6) is 0.328. The standard InChI is InChI=1S/C12H15ClO/c1-8(10(3)14)6-11-4-5-12(13)7-9(11)2/h4-5,7-8H,6H2,1-3H3. The summed E-state index contributed by atoms with van der Waals surface area (Å²) in [6.07, 6.45) is 0.804. The van der Waals surface area contributed by atoms with Crippen LogP contribution in [0, 0.1) is 12.8 Å². The van der Waals surface area contributed by atoms with E-state index in [1.807, 2.05) is 32.0 Å². The van der Waals surface area contributed by atoms with Gasteiger partial charge >= 0.3 is 0 Å². The van der Waals surface area contributed by atoms with Gasteiger partial charge in [-0.05, 0) is 43.5 Å². The van der Waals surface area contributed by atoms with Crippen molar-refractivity contribution in [3.8, 4) is 0 Å². The molecular weight excluding hydrogens is 196 g/mol. The van der Waals surface area contributed by atoms with Crippen LogP contribution in [-0.2, 0) is 11.2 Å². The summed E-state index contributed by atoms with van der Waals surface area (Å²) in [4.78, 5) is 11.1. The highest BCUT2D eigenvalue weighted by Gasteiger charge is 2.09. The molecule has 0 aromatic heterocycles. The van der Waals surface area contributed by atoms with Crippen molar-refractivity contribution >= 4 is 17.4 Å². The van der Waals surface area contributed by atoms with Gasteiger partial charge in [-0.2, -0.15) is 0 Å². The van der Waals surface area contributed by atoms with Crippen LogP contribution in [-0.4, -0.2) is 5.78 Å². The summed E-state index contributed by atoms with van der Waals surface area (Å²) in [5, 5.41) is 0.752. The fraction of sp³-hybridized carbons (Fsp3) is 0.417. The van der Waals surface area contributed by atoms with E-state index in [0.717, 1.165) is 17.0 Å². The van der Waals surface area contributed by atoms with Crippen LogP contribution in [0.15, 0.2) is 18.2 Å². The van der Waals surface area contributed by atoms with E-state index in [2.05, 4.69) is 0 Å². The second kappa shape index (κ2) is 4.61. The molecule has 0 saturated heterocycles. The summed E-state index contributed by atoms with van der Waals surface area (Å²) in [5.41, 5.74) is 2.36. The minimum absolute atomic E-state index is 0.0925. The Morgan fingerprint density at radius 3 is 2.64 bits per heavy atom. The molecule has 1 nitrogen and oxygen atoms in total. The molecule has 0 heterocycles. The Balaban J connectivity index is 2.82. The molecule has 0 radical (unpaired) electrons. The quantitative estimate of drug-likeness (QED) is 0.747. The van der Waals surface area contributed by atoms with E-state index in [9.17, 15) is 4.79 Å². The number of hydrogen-bond donors (Lipinski definition) is 0. The van der Waals surface area contributed by atoms with E-state index in [4.69, 9.17) is 11.6 Å². The zero-order valence-electron chi connectivity index (χ0n) is 8.80. The molecule has 0 amide bonds. The van der Waals surface area contributed by atoms with Gasteiger partial charge in [0.1, 0.15) is 5.78 Å². The zero-order chi connectivity index (χ0) is 10.7. The van der Waals surface area contributed by atoms with Gasteiger partial charge in [0, 0.05) is 10.9 Å². The Morgan fingerprint density at radius 1 is 1.50 bits per heavy atom. The van der Waals surface area contributed by atoms with Gasteiger partial charge < -0.3 is 0 Å². The maximum Gasteiger partial charge on any atom is 0.132 e. The molecule has 0 saturated carbocycles. The van der Waals surface area contributed by atoms with Crippen LogP contribution < -0.4 is 0 Å². The zero-order valence-corrected chi connectivity index (χ0v) is 9.56. The molecule has 1 unspecified atom stereocenters. The smallest absolute Gasteiger partial charge is 0.132 e. The first kappa shape index (κ1) is 11.3. The molecule has 0 spiro atoms. The normalized spacial score (nSPS) is 12.6. The lowest BCUT2D eigenvalue weighted by atomic mass is 9.95. The average Bonchev–Trinajstić information content (AvgIpc) is 2.09. The van der Waals surface area contributed by atoms with E-state index in [1.54, 1.807) is 6.92 Å². The Kier molecular flexibility index (Phi) is 3.70. The van der Waals surface area contributed by atoms with Crippen molar-refractivity contribution in [3.63, 3.8) is 0 Å². The molecule has 1 aromatic carbocycles. The highest BCUT2D eigenvalue weighted by Crippen LogP contribution is 2.18. The van der Waals surface area contributed by atoms with E-state index in [0.29, 0.717) is 0 Å². The van der Waals surface area contributed by atoms with Crippen LogP contribution >= 0.6 is 11.6 Å².